The molecule has 22 heavy (non-hydrogen) atoms. The minimum atomic E-state index is 0.580. The van der Waals surface area contributed by atoms with Gasteiger partial charge >= 0.3 is 0 Å². The summed E-state index contributed by atoms with van der Waals surface area (Å²) < 4.78 is 10.7. The predicted octanol–water partition coefficient (Wildman–Crippen LogP) is 1.27. The molecule has 0 atom stereocenters. The van der Waals surface area contributed by atoms with Crippen molar-refractivity contribution in [1.82, 2.24) is 14.3 Å². The van der Waals surface area contributed by atoms with Crippen LogP contribution in [-0.4, -0.2) is 40.7 Å². The van der Waals surface area contributed by atoms with E-state index in [4.69, 9.17) is 22.1 Å². The lowest BCUT2D eigenvalue weighted by atomic mass is 10.3. The van der Waals surface area contributed by atoms with Crippen molar-refractivity contribution in [3.8, 4) is 0 Å². The van der Waals surface area contributed by atoms with E-state index in [2.05, 4.69) is 22.1 Å². The van der Waals surface area contributed by atoms with Crippen molar-refractivity contribution in [3.05, 3.63) is 33.0 Å². The molecule has 4 rings (SSSR count). The fourth-order valence-electron chi connectivity index (χ4n) is 2.99. The van der Waals surface area contributed by atoms with E-state index in [9.17, 15) is 0 Å². The van der Waals surface area contributed by atoms with E-state index in [-0.39, 0.29) is 0 Å². The van der Waals surface area contributed by atoms with Gasteiger partial charge in [0.25, 0.3) is 0 Å². The Kier molecular flexibility index (Phi) is 4.13. The Morgan fingerprint density at radius 1 is 1.36 bits per heavy atom. The standard InChI is InChI=1S/C15H20N4OS2/c21-15-18(11-17-5-7-20-8-6-17)16-14(19(15)12-3-4-12)10-13-2-1-9-22-13/h1-2,9,12H,3-8,10-11H2/p+1. The number of hydrogen-bond acceptors (Lipinski definition) is 4. The monoisotopic (exact) mass is 337 g/mol. The molecule has 1 saturated carbocycles. The molecule has 7 heteroatoms. The van der Waals surface area contributed by atoms with Crippen LogP contribution in [0.2, 0.25) is 0 Å². The average Bonchev–Trinajstić information content (AvgIpc) is 3.14. The van der Waals surface area contributed by atoms with Crippen LogP contribution in [0.3, 0.4) is 0 Å². The van der Waals surface area contributed by atoms with E-state index >= 15 is 0 Å². The topological polar surface area (TPSA) is 36.4 Å². The average molecular weight is 337 g/mol. The molecule has 0 radical (unpaired) electrons. The molecule has 2 aromatic heterocycles. The predicted molar refractivity (Wildman–Crippen MR) is 88.0 cm³/mol. The molecule has 2 aromatic rings. The molecule has 0 amide bonds. The second kappa shape index (κ2) is 6.23. The summed E-state index contributed by atoms with van der Waals surface area (Å²) in [5.74, 6) is 1.13. The van der Waals surface area contributed by atoms with Crippen LogP contribution in [0, 0.1) is 4.77 Å². The first-order valence-corrected chi connectivity index (χ1v) is 9.22. The summed E-state index contributed by atoms with van der Waals surface area (Å²) in [7, 11) is 0. The normalized spacial score (nSPS) is 19.6. The van der Waals surface area contributed by atoms with E-state index < -0.39 is 0 Å². The molecule has 2 fully saturated rings. The molecule has 1 aliphatic heterocycles. The smallest absolute Gasteiger partial charge is 0.203 e. The van der Waals surface area contributed by atoms with Crippen LogP contribution < -0.4 is 4.90 Å². The van der Waals surface area contributed by atoms with Gasteiger partial charge in [-0.3, -0.25) is 0 Å². The van der Waals surface area contributed by atoms with Crippen LogP contribution in [0.1, 0.15) is 29.6 Å². The quantitative estimate of drug-likeness (QED) is 0.835. The first-order chi connectivity index (χ1) is 10.8. The van der Waals surface area contributed by atoms with Gasteiger partial charge in [-0.05, 0) is 36.5 Å². The molecule has 5 nitrogen and oxygen atoms in total. The second-order valence-electron chi connectivity index (χ2n) is 6.08. The first-order valence-electron chi connectivity index (χ1n) is 7.93. The van der Waals surface area contributed by atoms with Crippen LogP contribution >= 0.6 is 23.6 Å². The Morgan fingerprint density at radius 3 is 2.86 bits per heavy atom. The summed E-state index contributed by atoms with van der Waals surface area (Å²) in [4.78, 5) is 2.86. The van der Waals surface area contributed by atoms with Gasteiger partial charge in [-0.2, -0.15) is 9.78 Å². The maximum Gasteiger partial charge on any atom is 0.203 e. The van der Waals surface area contributed by atoms with Crippen LogP contribution in [0.4, 0.5) is 0 Å². The van der Waals surface area contributed by atoms with Crippen LogP contribution in [0.15, 0.2) is 17.5 Å². The van der Waals surface area contributed by atoms with Crippen molar-refractivity contribution >= 4 is 23.6 Å². The fraction of sp³-hybridized carbons (Fsp3) is 0.600. The van der Waals surface area contributed by atoms with Gasteiger partial charge in [0.2, 0.25) is 4.77 Å². The molecule has 3 heterocycles. The Bertz CT molecular complexity index is 681. The SMILES string of the molecule is S=c1n(C[NH+]2CCOCC2)nc(Cc2cccs2)n1C1CC1. The highest BCUT2D eigenvalue weighted by Crippen LogP contribution is 2.36. The number of thiophene rings is 1. The number of quaternary nitrogens is 1. The lowest BCUT2D eigenvalue weighted by molar-refractivity contribution is -0.931. The molecule has 1 saturated heterocycles. The number of hydrogen-bond donors (Lipinski definition) is 1. The zero-order valence-electron chi connectivity index (χ0n) is 12.5. The molecule has 0 bridgehead atoms. The molecular weight excluding hydrogens is 316 g/mol. The third-order valence-electron chi connectivity index (χ3n) is 4.34. The summed E-state index contributed by atoms with van der Waals surface area (Å²) in [6, 6.07) is 4.86. The molecule has 0 aromatic carbocycles. The summed E-state index contributed by atoms with van der Waals surface area (Å²) in [5, 5.41) is 6.99. The molecule has 0 spiro atoms. The van der Waals surface area contributed by atoms with Gasteiger partial charge in [-0.1, -0.05) is 6.07 Å². The van der Waals surface area contributed by atoms with Crippen LogP contribution in [0.5, 0.6) is 0 Å². The van der Waals surface area contributed by atoms with Gasteiger partial charge in [0.05, 0.1) is 13.2 Å². The summed E-state index contributed by atoms with van der Waals surface area (Å²) in [5.41, 5.74) is 0. The van der Waals surface area contributed by atoms with Gasteiger partial charge in [-0.15, -0.1) is 11.3 Å². The number of aromatic nitrogens is 3. The highest BCUT2D eigenvalue weighted by Gasteiger charge is 2.29. The highest BCUT2D eigenvalue weighted by atomic mass is 32.1. The van der Waals surface area contributed by atoms with E-state index in [0.717, 1.165) is 50.0 Å². The number of morpholine rings is 1. The fourth-order valence-corrected chi connectivity index (χ4v) is 4.05. The zero-order chi connectivity index (χ0) is 14.9. The molecule has 118 valence electrons. The number of rotatable bonds is 5. The van der Waals surface area contributed by atoms with Gasteiger partial charge in [-0.25, -0.2) is 0 Å². The molecule has 1 N–H and O–H groups in total. The van der Waals surface area contributed by atoms with Crippen molar-refractivity contribution in [2.45, 2.75) is 32.0 Å². The minimum Gasteiger partial charge on any atom is -0.370 e. The van der Waals surface area contributed by atoms with E-state index in [1.165, 1.54) is 22.6 Å². The maximum atomic E-state index is 5.72. The number of nitrogens with zero attached hydrogens (tertiary/aromatic N) is 3. The number of nitrogens with one attached hydrogen (secondary N) is 1. The van der Waals surface area contributed by atoms with E-state index in [1.54, 1.807) is 11.3 Å². The van der Waals surface area contributed by atoms with Crippen molar-refractivity contribution in [2.24, 2.45) is 0 Å². The molecule has 2 aliphatic rings. The van der Waals surface area contributed by atoms with Gasteiger partial charge in [0.1, 0.15) is 18.9 Å². The molecule has 1 aliphatic carbocycles. The van der Waals surface area contributed by atoms with Crippen molar-refractivity contribution in [2.75, 3.05) is 26.3 Å². The molecular formula is C15H21N4OS2+. The summed E-state index contributed by atoms with van der Waals surface area (Å²) >= 11 is 7.51. The summed E-state index contributed by atoms with van der Waals surface area (Å²) in [6.07, 6.45) is 3.37. The van der Waals surface area contributed by atoms with Crippen LogP contribution in [-0.2, 0) is 17.8 Å². The Balaban J connectivity index is 1.60. The third-order valence-corrected chi connectivity index (χ3v) is 5.62. The van der Waals surface area contributed by atoms with E-state index in [0.29, 0.717) is 6.04 Å². The van der Waals surface area contributed by atoms with Crippen molar-refractivity contribution < 1.29 is 9.64 Å². The number of ether oxygens (including phenoxy) is 1. The molecule has 0 unspecified atom stereocenters. The van der Waals surface area contributed by atoms with Gasteiger partial charge in [0.15, 0.2) is 6.67 Å². The lowest BCUT2D eigenvalue weighted by Gasteiger charge is -2.23. The zero-order valence-corrected chi connectivity index (χ0v) is 14.2. The third kappa shape index (κ3) is 3.03. The largest absolute Gasteiger partial charge is 0.370 e. The van der Waals surface area contributed by atoms with Crippen molar-refractivity contribution in [3.63, 3.8) is 0 Å². The minimum absolute atomic E-state index is 0.580. The highest BCUT2D eigenvalue weighted by molar-refractivity contribution is 7.71. The maximum absolute atomic E-state index is 5.72. The Hall–Kier alpha value is -1.02. The Labute approximate surface area is 139 Å². The summed E-state index contributed by atoms with van der Waals surface area (Å²) in [6.45, 7) is 4.62. The van der Waals surface area contributed by atoms with Crippen LogP contribution in [0.25, 0.3) is 0 Å². The van der Waals surface area contributed by atoms with E-state index in [1.807, 2.05) is 4.68 Å². The Morgan fingerprint density at radius 2 is 2.18 bits per heavy atom. The van der Waals surface area contributed by atoms with Gasteiger partial charge in [0, 0.05) is 17.3 Å². The first kappa shape index (κ1) is 14.6. The van der Waals surface area contributed by atoms with Crippen molar-refractivity contribution in [1.29, 1.82) is 0 Å². The van der Waals surface area contributed by atoms with Gasteiger partial charge < -0.3 is 14.2 Å². The lowest BCUT2D eigenvalue weighted by Crippen LogP contribution is -3.13. The second-order valence-corrected chi connectivity index (χ2v) is 7.47.